The van der Waals surface area contributed by atoms with E-state index in [-0.39, 0.29) is 6.61 Å². The molecule has 4 nitrogen and oxygen atoms in total. The van der Waals surface area contributed by atoms with Crippen LogP contribution in [0.2, 0.25) is 0 Å². The number of carbonyl (C=O) groups excluding carboxylic acids is 1. The first-order valence-corrected chi connectivity index (χ1v) is 5.91. The van der Waals surface area contributed by atoms with Crippen LogP contribution in [0.25, 0.3) is 0 Å². The van der Waals surface area contributed by atoms with Crippen molar-refractivity contribution in [3.8, 4) is 0 Å². The lowest BCUT2D eigenvalue weighted by Gasteiger charge is -2.29. The number of hydroxylamine groups is 1. The van der Waals surface area contributed by atoms with Crippen LogP contribution >= 0.6 is 0 Å². The van der Waals surface area contributed by atoms with Crippen molar-refractivity contribution in [3.63, 3.8) is 0 Å². The quantitative estimate of drug-likeness (QED) is 0.667. The van der Waals surface area contributed by atoms with Crippen LogP contribution in [0.15, 0.2) is 0 Å². The van der Waals surface area contributed by atoms with Gasteiger partial charge in [-0.3, -0.25) is 9.63 Å². The van der Waals surface area contributed by atoms with Gasteiger partial charge in [0.1, 0.15) is 6.61 Å². The zero-order chi connectivity index (χ0) is 10.7. The molecule has 2 aliphatic carbocycles. The minimum Gasteiger partial charge on any atom is -0.368 e. The van der Waals surface area contributed by atoms with E-state index < -0.39 is 5.91 Å². The van der Waals surface area contributed by atoms with Gasteiger partial charge in [0.2, 0.25) is 5.91 Å². The summed E-state index contributed by atoms with van der Waals surface area (Å²) in [4.78, 5) is 15.5. The van der Waals surface area contributed by atoms with Gasteiger partial charge in [0, 0.05) is 6.04 Å². The predicted octanol–water partition coefficient (Wildman–Crippen LogP) is 0.962. The molecule has 0 radical (unpaired) electrons. The lowest BCUT2D eigenvalue weighted by Crippen LogP contribution is -2.36. The monoisotopic (exact) mass is 212 g/mol. The molecule has 3 N–H and O–H groups in total. The first kappa shape index (κ1) is 10.9. The third-order valence-corrected chi connectivity index (χ3v) is 3.47. The van der Waals surface area contributed by atoms with Crippen LogP contribution in [0.3, 0.4) is 0 Å². The Morgan fingerprint density at radius 1 is 1.27 bits per heavy atom. The number of hydrogen-bond donors (Lipinski definition) is 2. The van der Waals surface area contributed by atoms with E-state index in [0.717, 1.165) is 18.3 Å². The summed E-state index contributed by atoms with van der Waals surface area (Å²) in [5.74, 6) is 1.44. The topological polar surface area (TPSA) is 64.4 Å². The van der Waals surface area contributed by atoms with Crippen LogP contribution < -0.4 is 11.2 Å². The zero-order valence-corrected chi connectivity index (χ0v) is 9.08. The van der Waals surface area contributed by atoms with Crippen molar-refractivity contribution in [2.75, 3.05) is 6.61 Å². The summed E-state index contributed by atoms with van der Waals surface area (Å²) in [5, 5.41) is 0. The predicted molar refractivity (Wildman–Crippen MR) is 56.8 cm³/mol. The van der Waals surface area contributed by atoms with Gasteiger partial charge in [-0.15, -0.1) is 0 Å². The second-order valence-corrected chi connectivity index (χ2v) is 4.83. The fourth-order valence-corrected chi connectivity index (χ4v) is 2.56. The lowest BCUT2D eigenvalue weighted by molar-refractivity contribution is -0.126. The fourth-order valence-electron chi connectivity index (χ4n) is 2.56. The molecular formula is C11H20N2O2. The van der Waals surface area contributed by atoms with Crippen LogP contribution in [-0.2, 0) is 9.63 Å². The normalized spacial score (nSPS) is 31.5. The zero-order valence-electron chi connectivity index (χ0n) is 9.08. The highest BCUT2D eigenvalue weighted by Gasteiger charge is 2.34. The van der Waals surface area contributed by atoms with Crippen molar-refractivity contribution in [3.05, 3.63) is 0 Å². The molecule has 2 aliphatic rings. The highest BCUT2D eigenvalue weighted by Crippen LogP contribution is 2.43. The molecule has 86 valence electrons. The summed E-state index contributed by atoms with van der Waals surface area (Å²) in [6.45, 7) is -0.0232. The molecule has 2 fully saturated rings. The molecule has 2 rings (SSSR count). The maximum atomic E-state index is 10.5. The largest absolute Gasteiger partial charge is 0.368 e. The maximum Gasteiger partial charge on any atom is 0.245 e. The van der Waals surface area contributed by atoms with Gasteiger partial charge in [-0.2, -0.15) is 5.48 Å². The summed E-state index contributed by atoms with van der Waals surface area (Å²) in [6, 6.07) is 0.420. The molecule has 0 spiro atoms. The van der Waals surface area contributed by atoms with Gasteiger partial charge in [-0.1, -0.05) is 12.8 Å². The van der Waals surface area contributed by atoms with Gasteiger partial charge in [0.25, 0.3) is 0 Å². The second kappa shape index (κ2) is 4.94. The SMILES string of the molecule is NC(=O)CONC1CCCC(C2CC2)C1. The Labute approximate surface area is 90.5 Å². The third kappa shape index (κ3) is 3.47. The maximum absolute atomic E-state index is 10.5. The van der Waals surface area contributed by atoms with E-state index in [1.807, 2.05) is 0 Å². The Morgan fingerprint density at radius 2 is 2.07 bits per heavy atom. The third-order valence-electron chi connectivity index (χ3n) is 3.47. The molecule has 0 aromatic carbocycles. The van der Waals surface area contributed by atoms with E-state index >= 15 is 0 Å². The van der Waals surface area contributed by atoms with Gasteiger partial charge < -0.3 is 5.73 Å². The Bertz CT molecular complexity index is 229. The molecular weight excluding hydrogens is 192 g/mol. The van der Waals surface area contributed by atoms with Gasteiger partial charge in [-0.05, 0) is 37.5 Å². The van der Waals surface area contributed by atoms with Crippen molar-refractivity contribution >= 4 is 5.91 Å². The number of nitrogens with two attached hydrogens (primary N) is 1. The van der Waals surface area contributed by atoms with E-state index in [4.69, 9.17) is 10.6 Å². The highest BCUT2D eigenvalue weighted by molar-refractivity contribution is 5.74. The van der Waals surface area contributed by atoms with E-state index in [2.05, 4.69) is 5.48 Å². The van der Waals surface area contributed by atoms with E-state index in [9.17, 15) is 4.79 Å². The van der Waals surface area contributed by atoms with Crippen molar-refractivity contribution in [2.45, 2.75) is 44.6 Å². The van der Waals surface area contributed by atoms with Gasteiger partial charge >= 0.3 is 0 Å². The number of carbonyl (C=O) groups is 1. The van der Waals surface area contributed by atoms with Crippen LogP contribution in [0.4, 0.5) is 0 Å². The minimum absolute atomic E-state index is 0.0232. The van der Waals surface area contributed by atoms with E-state index in [1.165, 1.54) is 32.1 Å². The standard InChI is InChI=1S/C11H20N2O2/c12-11(14)7-15-13-10-3-1-2-9(6-10)8-4-5-8/h8-10,13H,1-7H2,(H2,12,14). The molecule has 2 unspecified atom stereocenters. The molecule has 0 saturated heterocycles. The fraction of sp³-hybridized carbons (Fsp3) is 0.909. The summed E-state index contributed by atoms with van der Waals surface area (Å²) >= 11 is 0. The number of hydrogen-bond acceptors (Lipinski definition) is 3. The summed E-state index contributed by atoms with van der Waals surface area (Å²) in [7, 11) is 0. The smallest absolute Gasteiger partial charge is 0.245 e. The Balaban J connectivity index is 1.65. The summed E-state index contributed by atoms with van der Waals surface area (Å²) in [6.07, 6.45) is 7.84. The molecule has 2 saturated carbocycles. The first-order valence-electron chi connectivity index (χ1n) is 5.91. The molecule has 1 amide bonds. The highest BCUT2D eigenvalue weighted by atomic mass is 16.6. The molecule has 0 aromatic heterocycles. The molecule has 15 heavy (non-hydrogen) atoms. The van der Waals surface area contributed by atoms with Crippen molar-refractivity contribution in [1.29, 1.82) is 0 Å². The summed E-state index contributed by atoms with van der Waals surface area (Å²) in [5.41, 5.74) is 7.95. The van der Waals surface area contributed by atoms with Crippen LogP contribution in [0.1, 0.15) is 38.5 Å². The summed E-state index contributed by atoms with van der Waals surface area (Å²) < 4.78 is 0. The molecule has 4 heteroatoms. The molecule has 0 heterocycles. The van der Waals surface area contributed by atoms with E-state index in [1.54, 1.807) is 0 Å². The average molecular weight is 212 g/mol. The number of primary amides is 1. The molecule has 2 atom stereocenters. The van der Waals surface area contributed by atoms with Crippen molar-refractivity contribution in [2.24, 2.45) is 17.6 Å². The number of amides is 1. The van der Waals surface area contributed by atoms with Gasteiger partial charge in [-0.25, -0.2) is 0 Å². The minimum atomic E-state index is -0.419. The van der Waals surface area contributed by atoms with Crippen LogP contribution in [0.5, 0.6) is 0 Å². The van der Waals surface area contributed by atoms with Crippen molar-refractivity contribution in [1.82, 2.24) is 5.48 Å². The molecule has 0 bridgehead atoms. The molecule has 0 aliphatic heterocycles. The van der Waals surface area contributed by atoms with Gasteiger partial charge in [0.15, 0.2) is 0 Å². The van der Waals surface area contributed by atoms with Gasteiger partial charge in [0.05, 0.1) is 0 Å². The van der Waals surface area contributed by atoms with Crippen LogP contribution in [0, 0.1) is 11.8 Å². The van der Waals surface area contributed by atoms with Crippen molar-refractivity contribution < 1.29 is 9.63 Å². The molecule has 0 aromatic rings. The Morgan fingerprint density at radius 3 is 2.73 bits per heavy atom. The Kier molecular flexibility index (Phi) is 3.59. The van der Waals surface area contributed by atoms with Crippen LogP contribution in [-0.4, -0.2) is 18.6 Å². The first-order chi connectivity index (χ1) is 7.25. The number of nitrogens with one attached hydrogen (secondary N) is 1. The number of rotatable bonds is 5. The Hall–Kier alpha value is -0.610. The van der Waals surface area contributed by atoms with E-state index in [0.29, 0.717) is 6.04 Å². The average Bonchev–Trinajstić information content (AvgIpc) is 3.01. The second-order valence-electron chi connectivity index (χ2n) is 4.83. The lowest BCUT2D eigenvalue weighted by atomic mass is 9.83.